The average molecular weight is 365 g/mol. The molecule has 0 aromatic heterocycles. The van der Waals surface area contributed by atoms with Gasteiger partial charge < -0.3 is 25.3 Å². The Kier molecular flexibility index (Phi) is 7.22. The summed E-state index contributed by atoms with van der Waals surface area (Å²) in [5.41, 5.74) is 7.23. The highest BCUT2D eigenvalue weighted by Crippen LogP contribution is 2.29. The van der Waals surface area contributed by atoms with Crippen LogP contribution >= 0.6 is 11.6 Å². The van der Waals surface area contributed by atoms with E-state index in [1.807, 2.05) is 24.3 Å². The minimum absolute atomic E-state index is 0.198. The largest absolute Gasteiger partial charge is 0.488 e. The second-order valence-corrected chi connectivity index (χ2v) is 5.52. The molecule has 0 heterocycles. The van der Waals surface area contributed by atoms with Crippen LogP contribution in [0.1, 0.15) is 6.92 Å². The highest BCUT2D eigenvalue weighted by Gasteiger charge is 2.09. The normalized spacial score (nSPS) is 10.2. The lowest BCUT2D eigenvalue weighted by Gasteiger charge is -2.13. The molecule has 0 aliphatic rings. The van der Waals surface area contributed by atoms with Gasteiger partial charge in [0, 0.05) is 29.0 Å². The van der Waals surface area contributed by atoms with Crippen molar-refractivity contribution in [2.45, 2.75) is 6.92 Å². The molecule has 134 valence electrons. The first-order chi connectivity index (χ1) is 12.1. The lowest BCUT2D eigenvalue weighted by Crippen LogP contribution is -2.16. The van der Waals surface area contributed by atoms with Gasteiger partial charge in [-0.15, -0.1) is 0 Å². The van der Waals surface area contributed by atoms with Gasteiger partial charge in [-0.1, -0.05) is 11.6 Å². The lowest BCUT2D eigenvalue weighted by atomic mass is 10.3. The van der Waals surface area contributed by atoms with Gasteiger partial charge in [0.2, 0.25) is 0 Å². The van der Waals surface area contributed by atoms with Gasteiger partial charge >= 0.3 is 5.97 Å². The van der Waals surface area contributed by atoms with Crippen LogP contribution < -0.4 is 20.5 Å². The zero-order chi connectivity index (χ0) is 18.1. The van der Waals surface area contributed by atoms with E-state index in [1.54, 1.807) is 25.1 Å². The first kappa shape index (κ1) is 18.7. The Hall–Kier alpha value is -2.60. The van der Waals surface area contributed by atoms with Crippen LogP contribution in [0.3, 0.4) is 0 Å². The Morgan fingerprint density at radius 2 is 1.88 bits per heavy atom. The zero-order valence-corrected chi connectivity index (χ0v) is 14.7. The molecule has 0 bridgehead atoms. The van der Waals surface area contributed by atoms with Gasteiger partial charge in [0.05, 0.1) is 6.61 Å². The molecular weight excluding hydrogens is 344 g/mol. The molecule has 25 heavy (non-hydrogen) atoms. The second-order valence-electron chi connectivity index (χ2n) is 5.08. The number of carbonyl (C=O) groups excluding carboxylic acids is 1. The average Bonchev–Trinajstić information content (AvgIpc) is 2.60. The zero-order valence-electron chi connectivity index (χ0n) is 14.0. The molecule has 0 saturated carbocycles. The van der Waals surface area contributed by atoms with E-state index < -0.39 is 5.97 Å². The predicted molar refractivity (Wildman–Crippen MR) is 98.4 cm³/mol. The number of esters is 1. The van der Waals surface area contributed by atoms with Crippen molar-refractivity contribution in [1.29, 1.82) is 0 Å². The van der Waals surface area contributed by atoms with E-state index in [0.717, 1.165) is 5.69 Å². The number of nitrogens with one attached hydrogen (secondary N) is 1. The van der Waals surface area contributed by atoms with Crippen molar-refractivity contribution in [3.8, 4) is 11.5 Å². The van der Waals surface area contributed by atoms with Crippen LogP contribution in [0.4, 0.5) is 11.4 Å². The summed E-state index contributed by atoms with van der Waals surface area (Å²) in [5, 5.41) is 3.90. The number of hydrogen-bond donors (Lipinski definition) is 2. The second kappa shape index (κ2) is 9.64. The van der Waals surface area contributed by atoms with E-state index in [2.05, 4.69) is 5.32 Å². The van der Waals surface area contributed by atoms with Gasteiger partial charge in [0.1, 0.15) is 6.61 Å². The molecule has 6 nitrogen and oxygen atoms in total. The summed E-state index contributed by atoms with van der Waals surface area (Å²) in [7, 11) is 0. The highest BCUT2D eigenvalue weighted by atomic mass is 35.5. The van der Waals surface area contributed by atoms with Gasteiger partial charge in [0.15, 0.2) is 18.1 Å². The summed E-state index contributed by atoms with van der Waals surface area (Å²) in [6, 6.07) is 12.4. The molecule has 2 aromatic carbocycles. The van der Waals surface area contributed by atoms with Gasteiger partial charge in [0.25, 0.3) is 0 Å². The third-order valence-corrected chi connectivity index (χ3v) is 3.40. The van der Waals surface area contributed by atoms with Crippen LogP contribution in [0.2, 0.25) is 5.02 Å². The number of anilines is 2. The molecule has 0 unspecified atom stereocenters. The molecule has 0 spiro atoms. The van der Waals surface area contributed by atoms with Crippen LogP contribution in [-0.4, -0.2) is 32.3 Å². The number of benzene rings is 2. The van der Waals surface area contributed by atoms with Crippen molar-refractivity contribution in [2.75, 3.05) is 37.4 Å². The van der Waals surface area contributed by atoms with Crippen LogP contribution in [0, 0.1) is 0 Å². The Labute approximate surface area is 151 Å². The Balaban J connectivity index is 1.85. The molecule has 0 radical (unpaired) electrons. The van der Waals surface area contributed by atoms with Crippen molar-refractivity contribution in [2.24, 2.45) is 0 Å². The number of hydrogen-bond acceptors (Lipinski definition) is 6. The fourth-order valence-electron chi connectivity index (χ4n) is 2.02. The number of nitrogens with two attached hydrogens (primary N) is 1. The standard InChI is InChI=1S/C18H21ClN2O4/c1-2-23-18(22)12-25-17-11-14(20)5-8-16(17)24-10-9-21-15-6-3-13(19)4-7-15/h3-8,11,21H,2,9-10,12,20H2,1H3. The fraction of sp³-hybridized carbons (Fsp3) is 0.278. The molecular formula is C18H21ClN2O4. The summed E-state index contributed by atoms with van der Waals surface area (Å²) < 4.78 is 16.0. The molecule has 7 heteroatoms. The van der Waals surface area contributed by atoms with Crippen LogP contribution in [0.5, 0.6) is 11.5 Å². The van der Waals surface area contributed by atoms with E-state index in [1.165, 1.54) is 0 Å². The SMILES string of the molecule is CCOC(=O)COc1cc(N)ccc1OCCNc1ccc(Cl)cc1. The molecule has 0 aliphatic heterocycles. The minimum Gasteiger partial charge on any atom is -0.488 e. The van der Waals surface area contributed by atoms with Gasteiger partial charge in [-0.25, -0.2) is 4.79 Å². The Bertz CT molecular complexity index is 692. The number of rotatable bonds is 9. The Morgan fingerprint density at radius 3 is 2.60 bits per heavy atom. The fourth-order valence-corrected chi connectivity index (χ4v) is 2.15. The number of halogens is 1. The molecule has 0 saturated heterocycles. The first-order valence-corrected chi connectivity index (χ1v) is 8.26. The quantitative estimate of drug-likeness (QED) is 0.403. The van der Waals surface area contributed by atoms with Crippen molar-refractivity contribution in [3.63, 3.8) is 0 Å². The molecule has 2 aromatic rings. The molecule has 0 fully saturated rings. The van der Waals surface area contributed by atoms with Gasteiger partial charge in [-0.05, 0) is 43.3 Å². The van der Waals surface area contributed by atoms with Gasteiger partial charge in [-0.2, -0.15) is 0 Å². The summed E-state index contributed by atoms with van der Waals surface area (Å²) >= 11 is 5.85. The maximum Gasteiger partial charge on any atom is 0.344 e. The van der Waals surface area contributed by atoms with Crippen molar-refractivity contribution in [1.82, 2.24) is 0 Å². The third-order valence-electron chi connectivity index (χ3n) is 3.15. The third kappa shape index (κ3) is 6.43. The Morgan fingerprint density at radius 1 is 1.12 bits per heavy atom. The molecule has 0 atom stereocenters. The van der Waals surface area contributed by atoms with E-state index in [-0.39, 0.29) is 6.61 Å². The van der Waals surface area contributed by atoms with E-state index in [4.69, 9.17) is 31.5 Å². The first-order valence-electron chi connectivity index (χ1n) is 7.88. The van der Waals surface area contributed by atoms with Crippen molar-refractivity contribution in [3.05, 3.63) is 47.5 Å². The molecule has 0 aliphatic carbocycles. The summed E-state index contributed by atoms with van der Waals surface area (Å²) in [6.07, 6.45) is 0. The van der Waals surface area contributed by atoms with Crippen LogP contribution in [0.15, 0.2) is 42.5 Å². The summed E-state index contributed by atoms with van der Waals surface area (Å²) in [5.74, 6) is 0.469. The molecule has 0 amide bonds. The van der Waals surface area contributed by atoms with E-state index >= 15 is 0 Å². The van der Waals surface area contributed by atoms with E-state index in [0.29, 0.717) is 42.0 Å². The smallest absolute Gasteiger partial charge is 0.344 e. The molecule has 3 N–H and O–H groups in total. The number of nitrogen functional groups attached to an aromatic ring is 1. The van der Waals surface area contributed by atoms with Crippen LogP contribution in [-0.2, 0) is 9.53 Å². The van der Waals surface area contributed by atoms with Crippen molar-refractivity contribution < 1.29 is 19.0 Å². The lowest BCUT2D eigenvalue weighted by molar-refractivity contribution is -0.145. The van der Waals surface area contributed by atoms with Gasteiger partial charge in [-0.3, -0.25) is 0 Å². The maximum absolute atomic E-state index is 11.4. The maximum atomic E-state index is 11.4. The topological polar surface area (TPSA) is 82.8 Å². The van der Waals surface area contributed by atoms with Crippen molar-refractivity contribution >= 4 is 28.9 Å². The number of ether oxygens (including phenoxy) is 3. The van der Waals surface area contributed by atoms with Crippen LogP contribution in [0.25, 0.3) is 0 Å². The minimum atomic E-state index is -0.444. The monoisotopic (exact) mass is 364 g/mol. The number of carbonyl (C=O) groups is 1. The summed E-state index contributed by atoms with van der Waals surface area (Å²) in [4.78, 5) is 11.4. The molecule has 2 rings (SSSR count). The summed E-state index contributed by atoms with van der Waals surface area (Å²) in [6.45, 7) is 2.84. The highest BCUT2D eigenvalue weighted by molar-refractivity contribution is 6.30. The predicted octanol–water partition coefficient (Wildman–Crippen LogP) is 3.36. The van der Waals surface area contributed by atoms with E-state index in [9.17, 15) is 4.79 Å².